The van der Waals surface area contributed by atoms with Gasteiger partial charge in [-0.2, -0.15) is 0 Å². The van der Waals surface area contributed by atoms with E-state index in [0.717, 1.165) is 55.8 Å². The number of hydrogen-bond donors (Lipinski definition) is 0. The Morgan fingerprint density at radius 3 is 2.75 bits per heavy atom. The van der Waals surface area contributed by atoms with E-state index in [1.54, 1.807) is 0 Å². The molecule has 2 bridgehead atoms. The summed E-state index contributed by atoms with van der Waals surface area (Å²) in [6, 6.07) is 6.10. The van der Waals surface area contributed by atoms with Gasteiger partial charge in [-0.15, -0.1) is 0 Å². The highest BCUT2D eigenvalue weighted by Gasteiger charge is 2.50. The Hall–Kier alpha value is -1.71. The molecule has 2 fully saturated rings. The van der Waals surface area contributed by atoms with E-state index >= 15 is 0 Å². The second-order valence-electron chi connectivity index (χ2n) is 8.60. The zero-order valence-corrected chi connectivity index (χ0v) is 14.9. The monoisotopic (exact) mass is 329 g/mol. The number of benzene rings is 1. The first-order chi connectivity index (χ1) is 11.4. The van der Waals surface area contributed by atoms with Crippen molar-refractivity contribution in [3.63, 3.8) is 0 Å². The standard InChI is InChI=1S/C20H27NO3/c1-19(2,3)15-7-10-21-9-4-8-20(12-15,18(21)22)14-5-6-16-17(11-14)24-13-23-16/h5-6,11,15H,4,7-10,12-13H2,1-3H3/t15-,20-/m0/s1. The molecule has 3 aliphatic heterocycles. The quantitative estimate of drug-likeness (QED) is 0.788. The topological polar surface area (TPSA) is 38.8 Å². The second-order valence-corrected chi connectivity index (χ2v) is 8.60. The van der Waals surface area contributed by atoms with Gasteiger partial charge in [0.1, 0.15) is 0 Å². The van der Waals surface area contributed by atoms with Crippen LogP contribution in [0.2, 0.25) is 0 Å². The Kier molecular flexibility index (Phi) is 3.55. The van der Waals surface area contributed by atoms with Crippen LogP contribution in [0, 0.1) is 11.3 Å². The molecule has 2 saturated heterocycles. The van der Waals surface area contributed by atoms with Crippen LogP contribution in [0.3, 0.4) is 0 Å². The molecule has 0 aromatic heterocycles. The molecule has 3 aliphatic rings. The summed E-state index contributed by atoms with van der Waals surface area (Å²) < 4.78 is 11.0. The highest BCUT2D eigenvalue weighted by molar-refractivity contribution is 5.89. The van der Waals surface area contributed by atoms with E-state index in [-0.39, 0.29) is 12.2 Å². The number of carbonyl (C=O) groups is 1. The van der Waals surface area contributed by atoms with Crippen molar-refractivity contribution in [3.05, 3.63) is 23.8 Å². The lowest BCUT2D eigenvalue weighted by Crippen LogP contribution is -2.50. The number of rotatable bonds is 1. The van der Waals surface area contributed by atoms with Crippen LogP contribution in [-0.2, 0) is 10.2 Å². The summed E-state index contributed by atoms with van der Waals surface area (Å²) in [6.07, 6.45) is 4.05. The lowest BCUT2D eigenvalue weighted by molar-refractivity contribution is -0.140. The predicted molar refractivity (Wildman–Crippen MR) is 92.2 cm³/mol. The number of fused-ring (bicyclic) bond motifs is 3. The van der Waals surface area contributed by atoms with Gasteiger partial charge in [0.2, 0.25) is 12.7 Å². The van der Waals surface area contributed by atoms with E-state index in [2.05, 4.69) is 37.8 Å². The number of ether oxygens (including phenoxy) is 2. The Morgan fingerprint density at radius 1 is 1.17 bits per heavy atom. The fourth-order valence-corrected chi connectivity index (χ4v) is 4.64. The molecule has 1 aromatic rings. The fraction of sp³-hybridized carbons (Fsp3) is 0.650. The Bertz CT molecular complexity index is 663. The average molecular weight is 329 g/mol. The molecule has 0 radical (unpaired) electrons. The van der Waals surface area contributed by atoms with Crippen molar-refractivity contribution in [2.45, 2.75) is 51.9 Å². The van der Waals surface area contributed by atoms with Crippen LogP contribution in [0.25, 0.3) is 0 Å². The van der Waals surface area contributed by atoms with Crippen LogP contribution in [0.4, 0.5) is 0 Å². The van der Waals surface area contributed by atoms with E-state index < -0.39 is 5.41 Å². The summed E-state index contributed by atoms with van der Waals surface area (Å²) >= 11 is 0. The van der Waals surface area contributed by atoms with Gasteiger partial charge in [0.05, 0.1) is 5.41 Å². The first kappa shape index (κ1) is 15.8. The fourth-order valence-electron chi connectivity index (χ4n) is 4.64. The number of hydrogen-bond acceptors (Lipinski definition) is 3. The van der Waals surface area contributed by atoms with Gasteiger partial charge in [-0.3, -0.25) is 4.79 Å². The van der Waals surface area contributed by atoms with E-state index in [1.165, 1.54) is 0 Å². The first-order valence-corrected chi connectivity index (χ1v) is 9.10. The van der Waals surface area contributed by atoms with Crippen molar-refractivity contribution in [2.24, 2.45) is 11.3 Å². The molecule has 1 aromatic carbocycles. The van der Waals surface area contributed by atoms with Crippen molar-refractivity contribution < 1.29 is 14.3 Å². The normalized spacial score (nSPS) is 29.5. The van der Waals surface area contributed by atoms with Crippen molar-refractivity contribution in [3.8, 4) is 11.5 Å². The van der Waals surface area contributed by atoms with Crippen LogP contribution in [0.1, 0.15) is 52.0 Å². The van der Waals surface area contributed by atoms with Crippen molar-refractivity contribution in [1.82, 2.24) is 4.90 Å². The van der Waals surface area contributed by atoms with Crippen LogP contribution in [0.15, 0.2) is 18.2 Å². The molecule has 0 unspecified atom stereocenters. The molecule has 0 saturated carbocycles. The minimum atomic E-state index is -0.395. The molecule has 24 heavy (non-hydrogen) atoms. The molecule has 0 N–H and O–H groups in total. The van der Waals surface area contributed by atoms with E-state index in [9.17, 15) is 4.79 Å². The van der Waals surface area contributed by atoms with Gasteiger partial charge in [0.25, 0.3) is 0 Å². The molecule has 2 atom stereocenters. The summed E-state index contributed by atoms with van der Waals surface area (Å²) in [5.41, 5.74) is 0.924. The molecule has 0 spiro atoms. The Labute approximate surface area is 144 Å². The van der Waals surface area contributed by atoms with Crippen LogP contribution < -0.4 is 9.47 Å². The third-order valence-electron chi connectivity index (χ3n) is 6.22. The van der Waals surface area contributed by atoms with E-state index in [4.69, 9.17) is 9.47 Å². The van der Waals surface area contributed by atoms with Gasteiger partial charge >= 0.3 is 0 Å². The summed E-state index contributed by atoms with van der Waals surface area (Å²) in [4.78, 5) is 15.5. The Morgan fingerprint density at radius 2 is 1.96 bits per heavy atom. The van der Waals surface area contributed by atoms with E-state index in [1.807, 2.05) is 6.07 Å². The van der Waals surface area contributed by atoms with Crippen LogP contribution in [-0.4, -0.2) is 30.7 Å². The maximum atomic E-state index is 13.4. The molecule has 4 heteroatoms. The summed E-state index contributed by atoms with van der Waals surface area (Å²) in [6.45, 7) is 8.99. The zero-order valence-electron chi connectivity index (χ0n) is 14.9. The highest BCUT2D eigenvalue weighted by atomic mass is 16.7. The summed E-state index contributed by atoms with van der Waals surface area (Å²) in [7, 11) is 0. The molecular weight excluding hydrogens is 302 g/mol. The highest BCUT2D eigenvalue weighted by Crippen LogP contribution is 2.49. The molecule has 0 aliphatic carbocycles. The lowest BCUT2D eigenvalue weighted by atomic mass is 9.64. The van der Waals surface area contributed by atoms with E-state index in [0.29, 0.717) is 11.8 Å². The predicted octanol–water partition coefficient (Wildman–Crippen LogP) is 3.73. The van der Waals surface area contributed by atoms with Crippen LogP contribution in [0.5, 0.6) is 11.5 Å². The van der Waals surface area contributed by atoms with Crippen molar-refractivity contribution >= 4 is 5.91 Å². The molecular formula is C20H27NO3. The van der Waals surface area contributed by atoms with Gasteiger partial charge in [0.15, 0.2) is 11.5 Å². The number of carbonyl (C=O) groups excluding carboxylic acids is 1. The molecule has 4 rings (SSSR count). The average Bonchev–Trinajstić information content (AvgIpc) is 2.98. The Balaban J connectivity index is 1.79. The van der Waals surface area contributed by atoms with Gasteiger partial charge in [-0.25, -0.2) is 0 Å². The zero-order chi connectivity index (χ0) is 16.9. The smallest absolute Gasteiger partial charge is 0.233 e. The number of piperidine rings is 1. The summed E-state index contributed by atoms with van der Waals surface area (Å²) in [5.74, 6) is 2.42. The molecule has 3 heterocycles. The number of amides is 1. The maximum Gasteiger partial charge on any atom is 0.233 e. The summed E-state index contributed by atoms with van der Waals surface area (Å²) in [5, 5.41) is 0. The maximum absolute atomic E-state index is 13.4. The number of nitrogens with zero attached hydrogens (tertiary/aromatic N) is 1. The molecule has 1 amide bonds. The SMILES string of the molecule is CC(C)(C)[C@H]1CCN2CCC[C@@](c3ccc4c(c3)OCO4)(C1)C2=O. The molecule has 4 nitrogen and oxygen atoms in total. The van der Waals surface area contributed by atoms with Gasteiger partial charge < -0.3 is 14.4 Å². The van der Waals surface area contributed by atoms with Gasteiger partial charge in [0, 0.05) is 13.1 Å². The van der Waals surface area contributed by atoms with Crippen molar-refractivity contribution in [2.75, 3.05) is 19.9 Å². The minimum absolute atomic E-state index is 0.211. The first-order valence-electron chi connectivity index (χ1n) is 9.10. The molecule has 130 valence electrons. The second kappa shape index (κ2) is 5.40. The third-order valence-corrected chi connectivity index (χ3v) is 6.22. The lowest BCUT2D eigenvalue weighted by Gasteiger charge is -2.42. The van der Waals surface area contributed by atoms with Gasteiger partial charge in [-0.05, 0) is 54.7 Å². The largest absolute Gasteiger partial charge is 0.454 e. The van der Waals surface area contributed by atoms with Crippen LogP contribution >= 0.6 is 0 Å². The minimum Gasteiger partial charge on any atom is -0.454 e. The van der Waals surface area contributed by atoms with Crippen molar-refractivity contribution in [1.29, 1.82) is 0 Å². The third kappa shape index (κ3) is 2.38. The van der Waals surface area contributed by atoms with Gasteiger partial charge in [-0.1, -0.05) is 26.8 Å².